The zero-order valence-corrected chi connectivity index (χ0v) is 29.9. The van der Waals surface area contributed by atoms with Gasteiger partial charge in [0.05, 0.1) is 12.3 Å². The summed E-state index contributed by atoms with van der Waals surface area (Å²) < 4.78 is 79.1. The molecule has 0 aliphatic rings. The standard InChI is InChI=1S/C53H35N3/c1-3-15-36(16-4-1)39-21-11-24-42(33-39)51-54-52(43-25-12-22-40(34-43)46-30-14-20-38-19-7-8-27-45(38)46)56-53(55-51)44-26-13-23-41(35-44)48-32-31-47(37-17-5-2-6-18-37)49-28-9-10-29-50(48)49/h1-35H/i2D,5D,6D,12D,17D,18D,22D,25D,34D. The molecule has 0 amide bonds. The van der Waals surface area contributed by atoms with Crippen molar-refractivity contribution >= 4 is 21.5 Å². The number of hydrogen-bond acceptors (Lipinski definition) is 3. The molecular formula is C53H35N3. The van der Waals surface area contributed by atoms with Crippen molar-refractivity contribution in [2.75, 3.05) is 0 Å². The van der Waals surface area contributed by atoms with Crippen LogP contribution in [0.4, 0.5) is 0 Å². The molecule has 3 nitrogen and oxygen atoms in total. The van der Waals surface area contributed by atoms with Gasteiger partial charge in [-0.05, 0) is 84.2 Å². The third-order valence-corrected chi connectivity index (χ3v) is 9.90. The number of hydrogen-bond donors (Lipinski definition) is 0. The third-order valence-electron chi connectivity index (χ3n) is 9.90. The highest BCUT2D eigenvalue weighted by molar-refractivity contribution is 6.05. The Balaban J connectivity index is 1.18. The van der Waals surface area contributed by atoms with Crippen molar-refractivity contribution in [2.24, 2.45) is 0 Å². The van der Waals surface area contributed by atoms with Crippen LogP contribution >= 0.6 is 0 Å². The summed E-state index contributed by atoms with van der Waals surface area (Å²) in [6.07, 6.45) is 0. The predicted octanol–water partition coefficient (Wildman–Crippen LogP) is 13.8. The minimum absolute atomic E-state index is 0.00318. The van der Waals surface area contributed by atoms with Gasteiger partial charge in [-0.1, -0.05) is 194 Å². The second kappa shape index (κ2) is 14.4. The van der Waals surface area contributed by atoms with Crippen LogP contribution in [0.5, 0.6) is 0 Å². The first-order valence-electron chi connectivity index (χ1n) is 22.7. The first-order chi connectivity index (χ1) is 31.5. The van der Waals surface area contributed by atoms with E-state index >= 15 is 0 Å². The van der Waals surface area contributed by atoms with Gasteiger partial charge in [-0.2, -0.15) is 0 Å². The molecule has 0 spiro atoms. The number of benzene rings is 9. The topological polar surface area (TPSA) is 38.7 Å². The minimum atomic E-state index is -0.452. The first-order valence-corrected chi connectivity index (χ1v) is 18.2. The molecular weight excluding hydrogens is 679 g/mol. The van der Waals surface area contributed by atoms with Crippen molar-refractivity contribution in [3.63, 3.8) is 0 Å². The number of fused-ring (bicyclic) bond motifs is 2. The van der Waals surface area contributed by atoms with Gasteiger partial charge < -0.3 is 0 Å². The van der Waals surface area contributed by atoms with Crippen molar-refractivity contribution in [3.8, 4) is 78.7 Å². The lowest BCUT2D eigenvalue weighted by Crippen LogP contribution is -2.00. The van der Waals surface area contributed by atoms with Crippen LogP contribution in [0, 0.1) is 0 Å². The van der Waals surface area contributed by atoms with Crippen molar-refractivity contribution in [1.29, 1.82) is 0 Å². The van der Waals surface area contributed by atoms with Crippen LogP contribution in [0.15, 0.2) is 212 Å². The summed E-state index contributed by atoms with van der Waals surface area (Å²) in [7, 11) is 0. The third kappa shape index (κ3) is 6.31. The summed E-state index contributed by atoms with van der Waals surface area (Å²) in [5, 5.41) is 3.21. The molecule has 10 rings (SSSR count). The van der Waals surface area contributed by atoms with Crippen molar-refractivity contribution in [1.82, 2.24) is 15.0 Å². The SMILES string of the molecule is [2H]c1c([2H])c([2H])c(-c2ccc(-c3cccc(-c4nc(-c5cccc(-c6ccccc6)c5)nc(-c5c([2H])c([2H])c([2H])c(-c6cccc7ccccc67)c5[2H])n4)c3)c3ccccc23)c([2H])c1[2H]. The molecule has 0 N–H and O–H groups in total. The van der Waals surface area contributed by atoms with Crippen LogP contribution in [0.3, 0.4) is 0 Å². The Labute approximate surface area is 338 Å². The molecule has 56 heavy (non-hydrogen) atoms. The van der Waals surface area contributed by atoms with E-state index in [0.29, 0.717) is 27.6 Å². The Morgan fingerprint density at radius 1 is 0.304 bits per heavy atom. The molecule has 9 aromatic carbocycles. The van der Waals surface area contributed by atoms with Gasteiger partial charge in [-0.25, -0.2) is 15.0 Å². The second-order valence-corrected chi connectivity index (χ2v) is 13.3. The van der Waals surface area contributed by atoms with E-state index in [1.807, 2.05) is 152 Å². The molecule has 0 aliphatic heterocycles. The van der Waals surface area contributed by atoms with Crippen LogP contribution in [0.25, 0.3) is 100 Å². The minimum Gasteiger partial charge on any atom is -0.208 e. The summed E-state index contributed by atoms with van der Waals surface area (Å²) in [6, 6.07) is 46.9. The lowest BCUT2D eigenvalue weighted by Gasteiger charge is -2.14. The maximum atomic E-state index is 9.66. The van der Waals surface area contributed by atoms with E-state index in [-0.39, 0.29) is 70.4 Å². The number of rotatable bonds is 7. The van der Waals surface area contributed by atoms with Crippen molar-refractivity contribution in [2.45, 2.75) is 0 Å². The maximum Gasteiger partial charge on any atom is 0.164 e. The van der Waals surface area contributed by atoms with E-state index in [1.165, 1.54) is 0 Å². The van der Waals surface area contributed by atoms with E-state index in [0.717, 1.165) is 38.4 Å². The number of aromatic nitrogens is 3. The second-order valence-electron chi connectivity index (χ2n) is 13.3. The number of nitrogens with zero attached hydrogens (tertiary/aromatic N) is 3. The average Bonchev–Trinajstić information content (AvgIpc) is 3.35. The average molecular weight is 723 g/mol. The monoisotopic (exact) mass is 722 g/mol. The lowest BCUT2D eigenvalue weighted by atomic mass is 9.91. The van der Waals surface area contributed by atoms with Gasteiger partial charge in [0.25, 0.3) is 0 Å². The zero-order valence-electron chi connectivity index (χ0n) is 38.9. The highest BCUT2D eigenvalue weighted by atomic mass is 15.0. The van der Waals surface area contributed by atoms with Gasteiger partial charge in [0.15, 0.2) is 17.5 Å². The van der Waals surface area contributed by atoms with Crippen molar-refractivity contribution in [3.05, 3.63) is 212 Å². The summed E-state index contributed by atoms with van der Waals surface area (Å²) >= 11 is 0. The molecule has 0 atom stereocenters. The molecule has 1 aromatic heterocycles. The van der Waals surface area contributed by atoms with E-state index < -0.39 is 18.1 Å². The Kier molecular flexibility index (Phi) is 6.36. The Hall–Kier alpha value is -7.49. The Morgan fingerprint density at radius 2 is 0.786 bits per heavy atom. The summed E-state index contributed by atoms with van der Waals surface area (Å²) in [4.78, 5) is 14.9. The fourth-order valence-electron chi connectivity index (χ4n) is 7.23. The van der Waals surface area contributed by atoms with Gasteiger partial charge >= 0.3 is 0 Å². The highest BCUT2D eigenvalue weighted by Gasteiger charge is 2.16. The molecule has 0 aliphatic carbocycles. The first kappa shape index (κ1) is 24.8. The van der Waals surface area contributed by atoms with E-state index in [9.17, 15) is 2.74 Å². The normalized spacial score (nSPS) is 13.5. The molecule has 0 saturated carbocycles. The molecule has 262 valence electrons. The summed E-state index contributed by atoms with van der Waals surface area (Å²) in [5.74, 6) is 0.552. The maximum absolute atomic E-state index is 9.66. The fraction of sp³-hybridized carbons (Fsp3) is 0. The van der Waals surface area contributed by atoms with E-state index in [2.05, 4.69) is 0 Å². The van der Waals surface area contributed by atoms with Crippen LogP contribution in [-0.4, -0.2) is 15.0 Å². The lowest BCUT2D eigenvalue weighted by molar-refractivity contribution is 1.07. The Morgan fingerprint density at radius 3 is 1.52 bits per heavy atom. The molecule has 0 unspecified atom stereocenters. The van der Waals surface area contributed by atoms with Gasteiger partial charge in [0.2, 0.25) is 0 Å². The van der Waals surface area contributed by atoms with Gasteiger partial charge in [0, 0.05) is 16.7 Å². The van der Waals surface area contributed by atoms with Crippen LogP contribution < -0.4 is 0 Å². The molecule has 0 saturated heterocycles. The fourth-order valence-corrected chi connectivity index (χ4v) is 7.23. The Bertz CT molecular complexity index is 3530. The molecule has 0 radical (unpaired) electrons. The summed E-state index contributed by atoms with van der Waals surface area (Å²) in [6.45, 7) is 0. The molecule has 1 heterocycles. The smallest absolute Gasteiger partial charge is 0.164 e. The van der Waals surface area contributed by atoms with Crippen LogP contribution in [-0.2, 0) is 0 Å². The largest absolute Gasteiger partial charge is 0.208 e. The van der Waals surface area contributed by atoms with Crippen molar-refractivity contribution < 1.29 is 12.3 Å². The zero-order chi connectivity index (χ0) is 45.1. The molecule has 0 bridgehead atoms. The van der Waals surface area contributed by atoms with Gasteiger partial charge in [-0.3, -0.25) is 0 Å². The predicted molar refractivity (Wildman–Crippen MR) is 233 cm³/mol. The molecule has 3 heteroatoms. The molecule has 10 aromatic rings. The van der Waals surface area contributed by atoms with E-state index in [1.54, 1.807) is 6.07 Å². The van der Waals surface area contributed by atoms with E-state index in [4.69, 9.17) is 24.5 Å². The quantitative estimate of drug-likeness (QED) is 0.164. The molecule has 0 fully saturated rings. The summed E-state index contributed by atoms with van der Waals surface area (Å²) in [5.41, 5.74) is 6.21. The highest BCUT2D eigenvalue weighted by Crippen LogP contribution is 2.38. The van der Waals surface area contributed by atoms with Gasteiger partial charge in [0.1, 0.15) is 0 Å². The van der Waals surface area contributed by atoms with Crippen LogP contribution in [0.1, 0.15) is 12.3 Å². The van der Waals surface area contributed by atoms with Gasteiger partial charge in [-0.15, -0.1) is 0 Å². The van der Waals surface area contributed by atoms with Crippen LogP contribution in [0.2, 0.25) is 0 Å².